The van der Waals surface area contributed by atoms with Gasteiger partial charge in [-0.2, -0.15) is 0 Å². The van der Waals surface area contributed by atoms with E-state index >= 15 is 0 Å². The first-order valence-electron chi connectivity index (χ1n) is 15.8. The van der Waals surface area contributed by atoms with Crippen molar-refractivity contribution in [2.75, 3.05) is 0 Å². The van der Waals surface area contributed by atoms with E-state index in [1.807, 2.05) is 36.4 Å². The highest BCUT2D eigenvalue weighted by molar-refractivity contribution is 6.18. The van der Waals surface area contributed by atoms with Gasteiger partial charge in [0.25, 0.3) is 0 Å². The third-order valence-corrected chi connectivity index (χ3v) is 8.89. The Hall–Kier alpha value is -6.32. The first-order chi connectivity index (χ1) is 23.3. The van der Waals surface area contributed by atoms with Crippen LogP contribution in [0.25, 0.3) is 88.9 Å². The maximum absolute atomic E-state index is 6.73. The highest BCUT2D eigenvalue weighted by Crippen LogP contribution is 2.43. The van der Waals surface area contributed by atoms with Crippen LogP contribution in [0.15, 0.2) is 174 Å². The van der Waals surface area contributed by atoms with E-state index in [9.17, 15) is 0 Å². The molecule has 0 spiro atoms. The van der Waals surface area contributed by atoms with E-state index in [1.54, 1.807) is 0 Å². The van der Waals surface area contributed by atoms with E-state index in [1.165, 1.54) is 16.3 Å². The van der Waals surface area contributed by atoms with Crippen LogP contribution in [0.4, 0.5) is 0 Å². The monoisotopic (exact) mass is 600 g/mol. The average Bonchev–Trinajstić information content (AvgIpc) is 3.53. The van der Waals surface area contributed by atoms with Crippen LogP contribution in [0, 0.1) is 0 Å². The van der Waals surface area contributed by atoms with Gasteiger partial charge in [-0.1, -0.05) is 146 Å². The molecule has 9 aromatic rings. The van der Waals surface area contributed by atoms with Crippen LogP contribution in [0.2, 0.25) is 0 Å². The summed E-state index contributed by atoms with van der Waals surface area (Å²) in [6, 6.07) is 59.0. The Morgan fingerprint density at radius 1 is 0.383 bits per heavy atom. The van der Waals surface area contributed by atoms with Crippen molar-refractivity contribution in [3.63, 3.8) is 0 Å². The highest BCUT2D eigenvalue weighted by Gasteiger charge is 2.18. The number of nitrogens with zero attached hydrogens (tertiary/aromatic N) is 2. The SMILES string of the molecule is c1ccc(-c2cc(-c3ccccc3)nc(-c3ccc(-c4ccc(-c5ccccc5)c5c4oc4cc6ccccc6cc45)cc3)n2)cc1. The number of fused-ring (bicyclic) bond motifs is 4. The predicted molar refractivity (Wildman–Crippen MR) is 194 cm³/mol. The summed E-state index contributed by atoms with van der Waals surface area (Å²) in [6.45, 7) is 0. The zero-order valence-electron chi connectivity index (χ0n) is 25.5. The molecule has 0 atom stereocenters. The zero-order valence-corrected chi connectivity index (χ0v) is 25.5. The molecule has 0 N–H and O–H groups in total. The van der Waals surface area contributed by atoms with Crippen LogP contribution in [0.1, 0.15) is 0 Å². The molecule has 0 bridgehead atoms. The van der Waals surface area contributed by atoms with Crippen molar-refractivity contribution < 1.29 is 4.42 Å². The molecule has 0 saturated heterocycles. The molecule has 0 saturated carbocycles. The Balaban J connectivity index is 1.19. The molecule has 2 aromatic heterocycles. The van der Waals surface area contributed by atoms with Crippen LogP contribution < -0.4 is 0 Å². The molecule has 3 nitrogen and oxygen atoms in total. The van der Waals surface area contributed by atoms with E-state index in [0.717, 1.165) is 66.7 Å². The first-order valence-corrected chi connectivity index (χ1v) is 15.8. The summed E-state index contributed by atoms with van der Waals surface area (Å²) in [5, 5.41) is 4.61. The van der Waals surface area contributed by atoms with Crippen molar-refractivity contribution >= 4 is 32.7 Å². The van der Waals surface area contributed by atoms with Crippen LogP contribution in [0.5, 0.6) is 0 Å². The van der Waals surface area contributed by atoms with Crippen molar-refractivity contribution in [1.29, 1.82) is 0 Å². The molecule has 0 radical (unpaired) electrons. The maximum Gasteiger partial charge on any atom is 0.160 e. The van der Waals surface area contributed by atoms with Gasteiger partial charge in [0.15, 0.2) is 5.82 Å². The van der Waals surface area contributed by atoms with Crippen molar-refractivity contribution in [2.24, 2.45) is 0 Å². The topological polar surface area (TPSA) is 38.9 Å². The van der Waals surface area contributed by atoms with Gasteiger partial charge in [-0.25, -0.2) is 9.97 Å². The van der Waals surface area contributed by atoms with Crippen LogP contribution in [0.3, 0.4) is 0 Å². The number of hydrogen-bond acceptors (Lipinski definition) is 3. The molecular formula is C44H28N2O. The Kier molecular flexibility index (Phi) is 6.46. The van der Waals surface area contributed by atoms with Gasteiger partial charge in [-0.05, 0) is 51.7 Å². The smallest absolute Gasteiger partial charge is 0.160 e. The standard InChI is InChI=1S/C44H28N2O/c1-4-12-29(13-5-1)36-24-25-37(43-42(36)38-26-34-18-10-11-19-35(34)27-41(38)47-43)30-20-22-33(23-21-30)44-45-39(31-14-6-2-7-15-31)28-40(46-44)32-16-8-3-9-17-32/h1-28H. The van der Waals surface area contributed by atoms with Gasteiger partial charge < -0.3 is 4.42 Å². The number of rotatable bonds is 5. The zero-order chi connectivity index (χ0) is 31.2. The van der Waals surface area contributed by atoms with Crippen molar-refractivity contribution in [3.8, 4) is 56.2 Å². The fourth-order valence-electron chi connectivity index (χ4n) is 6.54. The molecule has 9 rings (SSSR count). The fourth-order valence-corrected chi connectivity index (χ4v) is 6.54. The second-order valence-electron chi connectivity index (χ2n) is 11.8. The second kappa shape index (κ2) is 11.2. The highest BCUT2D eigenvalue weighted by atomic mass is 16.3. The predicted octanol–water partition coefficient (Wildman–Crippen LogP) is 11.9. The molecule has 2 heterocycles. The summed E-state index contributed by atoms with van der Waals surface area (Å²) in [4.78, 5) is 10.0. The largest absolute Gasteiger partial charge is 0.455 e. The van der Waals surface area contributed by atoms with Gasteiger partial charge in [0, 0.05) is 33.0 Å². The van der Waals surface area contributed by atoms with Gasteiger partial charge >= 0.3 is 0 Å². The minimum absolute atomic E-state index is 0.691. The van der Waals surface area contributed by atoms with Crippen molar-refractivity contribution in [3.05, 3.63) is 170 Å². The van der Waals surface area contributed by atoms with E-state index in [2.05, 4.69) is 133 Å². The Bertz CT molecular complexity index is 2480. The molecule has 47 heavy (non-hydrogen) atoms. The molecule has 0 fully saturated rings. The van der Waals surface area contributed by atoms with E-state index in [0.29, 0.717) is 5.82 Å². The lowest BCUT2D eigenvalue weighted by Crippen LogP contribution is -1.96. The van der Waals surface area contributed by atoms with Crippen molar-refractivity contribution in [1.82, 2.24) is 9.97 Å². The third-order valence-electron chi connectivity index (χ3n) is 8.89. The van der Waals surface area contributed by atoms with Crippen LogP contribution in [-0.2, 0) is 0 Å². The normalized spacial score (nSPS) is 11.4. The lowest BCUT2D eigenvalue weighted by atomic mass is 9.94. The summed E-state index contributed by atoms with van der Waals surface area (Å²) in [5.41, 5.74) is 11.1. The molecule has 7 aromatic carbocycles. The lowest BCUT2D eigenvalue weighted by Gasteiger charge is -2.11. The van der Waals surface area contributed by atoms with E-state index in [4.69, 9.17) is 14.4 Å². The average molecular weight is 601 g/mol. The molecule has 0 amide bonds. The van der Waals surface area contributed by atoms with Gasteiger partial charge in [0.05, 0.1) is 11.4 Å². The number of aromatic nitrogens is 2. The van der Waals surface area contributed by atoms with Gasteiger partial charge in [-0.3, -0.25) is 0 Å². The first kappa shape index (κ1) is 27.0. The van der Waals surface area contributed by atoms with E-state index < -0.39 is 0 Å². The maximum atomic E-state index is 6.73. The van der Waals surface area contributed by atoms with Crippen molar-refractivity contribution in [2.45, 2.75) is 0 Å². The Morgan fingerprint density at radius 2 is 0.872 bits per heavy atom. The minimum atomic E-state index is 0.691. The van der Waals surface area contributed by atoms with Crippen LogP contribution >= 0.6 is 0 Å². The molecular weight excluding hydrogens is 572 g/mol. The summed E-state index contributed by atoms with van der Waals surface area (Å²) in [5.74, 6) is 0.691. The molecule has 220 valence electrons. The van der Waals surface area contributed by atoms with Crippen LogP contribution in [-0.4, -0.2) is 9.97 Å². The van der Waals surface area contributed by atoms with Gasteiger partial charge in [0.2, 0.25) is 0 Å². The molecule has 0 unspecified atom stereocenters. The van der Waals surface area contributed by atoms with E-state index in [-0.39, 0.29) is 0 Å². The fraction of sp³-hybridized carbons (Fsp3) is 0. The molecule has 3 heteroatoms. The molecule has 0 aliphatic carbocycles. The Morgan fingerprint density at radius 3 is 1.49 bits per heavy atom. The molecule has 0 aliphatic rings. The number of benzene rings is 7. The molecule has 0 aliphatic heterocycles. The third kappa shape index (κ3) is 4.86. The minimum Gasteiger partial charge on any atom is -0.455 e. The lowest BCUT2D eigenvalue weighted by molar-refractivity contribution is 0.670. The Labute approximate surface area is 272 Å². The summed E-state index contributed by atoms with van der Waals surface area (Å²) in [6.07, 6.45) is 0. The quantitative estimate of drug-likeness (QED) is 0.197. The summed E-state index contributed by atoms with van der Waals surface area (Å²) >= 11 is 0. The number of furan rings is 1. The second-order valence-corrected chi connectivity index (χ2v) is 11.8. The summed E-state index contributed by atoms with van der Waals surface area (Å²) < 4.78 is 6.73. The summed E-state index contributed by atoms with van der Waals surface area (Å²) in [7, 11) is 0. The van der Waals surface area contributed by atoms with Gasteiger partial charge in [-0.15, -0.1) is 0 Å². The number of hydrogen-bond donors (Lipinski definition) is 0. The van der Waals surface area contributed by atoms with Gasteiger partial charge in [0.1, 0.15) is 11.2 Å².